The van der Waals surface area contributed by atoms with E-state index in [4.69, 9.17) is 0 Å². The van der Waals surface area contributed by atoms with Crippen molar-refractivity contribution in [1.82, 2.24) is 14.7 Å². The molecule has 2 aromatic rings. The van der Waals surface area contributed by atoms with Gasteiger partial charge < -0.3 is 10.2 Å². The molecule has 3 rings (SSSR count). The first-order valence-electron chi connectivity index (χ1n) is 8.41. The van der Waals surface area contributed by atoms with Gasteiger partial charge in [0.05, 0.1) is 12.6 Å². The Hall–Kier alpha value is -2.30. The Morgan fingerprint density at radius 3 is 3.00 bits per heavy atom. The van der Waals surface area contributed by atoms with E-state index in [0.717, 1.165) is 44.5 Å². The molecule has 1 aliphatic rings. The highest BCUT2D eigenvalue weighted by atomic mass is 16.2. The van der Waals surface area contributed by atoms with Crippen molar-refractivity contribution in [3.05, 3.63) is 48.3 Å². The largest absolute Gasteiger partial charge is 0.322 e. The van der Waals surface area contributed by atoms with Crippen molar-refractivity contribution in [1.29, 1.82) is 0 Å². The highest BCUT2D eigenvalue weighted by molar-refractivity contribution is 5.90. The number of urea groups is 1. The van der Waals surface area contributed by atoms with Gasteiger partial charge in [0, 0.05) is 24.6 Å². The van der Waals surface area contributed by atoms with Crippen LogP contribution in [0.2, 0.25) is 0 Å². The molecule has 2 amide bonds. The molecule has 1 atom stereocenters. The molecule has 1 aliphatic heterocycles. The molecule has 0 saturated carbocycles. The summed E-state index contributed by atoms with van der Waals surface area (Å²) >= 11 is 0. The van der Waals surface area contributed by atoms with Gasteiger partial charge in [-0.25, -0.2) is 4.79 Å². The Balaban J connectivity index is 1.67. The third-order valence-electron chi connectivity index (χ3n) is 4.37. The minimum absolute atomic E-state index is 0.00297. The first kappa shape index (κ1) is 15.6. The van der Waals surface area contributed by atoms with E-state index in [-0.39, 0.29) is 12.1 Å². The van der Waals surface area contributed by atoms with Crippen LogP contribution in [-0.2, 0) is 13.0 Å². The number of nitrogens with one attached hydrogen (secondary N) is 1. The number of amides is 2. The Bertz CT molecular complexity index is 638. The number of anilines is 1. The van der Waals surface area contributed by atoms with E-state index >= 15 is 0 Å². The predicted octanol–water partition coefficient (Wildman–Crippen LogP) is 3.53. The van der Waals surface area contributed by atoms with Gasteiger partial charge in [-0.05, 0) is 37.0 Å². The zero-order valence-electron chi connectivity index (χ0n) is 13.6. The fraction of sp³-hybridized carbons (Fsp3) is 0.444. The first-order valence-corrected chi connectivity index (χ1v) is 8.41. The van der Waals surface area contributed by atoms with Crippen LogP contribution in [0.15, 0.2) is 42.7 Å². The lowest BCUT2D eigenvalue weighted by molar-refractivity contribution is 0.199. The van der Waals surface area contributed by atoms with E-state index in [0.29, 0.717) is 0 Å². The normalized spacial score (nSPS) is 17.4. The number of aryl methyl sites for hydroxylation is 1. The van der Waals surface area contributed by atoms with Gasteiger partial charge in [-0.3, -0.25) is 4.68 Å². The minimum atomic E-state index is 0.00297. The van der Waals surface area contributed by atoms with Crippen molar-refractivity contribution in [3.8, 4) is 0 Å². The molecular formula is C18H24N4O. The maximum Gasteiger partial charge on any atom is 0.322 e. The fourth-order valence-corrected chi connectivity index (χ4v) is 3.23. The van der Waals surface area contributed by atoms with Crippen LogP contribution in [-0.4, -0.2) is 33.3 Å². The predicted molar refractivity (Wildman–Crippen MR) is 91.4 cm³/mol. The summed E-state index contributed by atoms with van der Waals surface area (Å²) in [5.74, 6) is 0. The molecule has 0 aliphatic carbocycles. The third kappa shape index (κ3) is 3.73. The topological polar surface area (TPSA) is 50.2 Å². The summed E-state index contributed by atoms with van der Waals surface area (Å²) in [5.41, 5.74) is 2.13. The minimum Gasteiger partial charge on any atom is -0.320 e. The van der Waals surface area contributed by atoms with Crippen LogP contribution < -0.4 is 5.32 Å². The van der Waals surface area contributed by atoms with E-state index in [1.54, 1.807) is 6.20 Å². The Morgan fingerprint density at radius 1 is 1.35 bits per heavy atom. The Kier molecular flexibility index (Phi) is 4.95. The summed E-state index contributed by atoms with van der Waals surface area (Å²) in [6.07, 6.45) is 7.86. The van der Waals surface area contributed by atoms with Crippen molar-refractivity contribution < 1.29 is 4.79 Å². The van der Waals surface area contributed by atoms with Crippen molar-refractivity contribution in [2.24, 2.45) is 0 Å². The van der Waals surface area contributed by atoms with E-state index in [2.05, 4.69) is 23.4 Å². The van der Waals surface area contributed by atoms with Crippen LogP contribution in [0.1, 0.15) is 31.7 Å². The third-order valence-corrected chi connectivity index (χ3v) is 4.37. The van der Waals surface area contributed by atoms with E-state index in [1.807, 2.05) is 40.0 Å². The van der Waals surface area contributed by atoms with Gasteiger partial charge in [-0.15, -0.1) is 0 Å². The van der Waals surface area contributed by atoms with Gasteiger partial charge in [0.15, 0.2) is 0 Å². The molecule has 122 valence electrons. The van der Waals surface area contributed by atoms with Crippen molar-refractivity contribution >= 4 is 11.7 Å². The SMILES string of the molecule is CCCc1ccccc1NC(=O)N1CCC[C@H]1Cn1cccn1. The van der Waals surface area contributed by atoms with Gasteiger partial charge in [-0.2, -0.15) is 5.10 Å². The zero-order chi connectivity index (χ0) is 16.1. The van der Waals surface area contributed by atoms with Gasteiger partial charge in [0.1, 0.15) is 0 Å². The molecule has 1 saturated heterocycles. The summed E-state index contributed by atoms with van der Waals surface area (Å²) in [4.78, 5) is 14.6. The molecule has 2 heterocycles. The number of para-hydroxylation sites is 1. The second-order valence-electron chi connectivity index (χ2n) is 6.05. The fourth-order valence-electron chi connectivity index (χ4n) is 3.23. The van der Waals surface area contributed by atoms with Crippen LogP contribution in [0.3, 0.4) is 0 Å². The number of carbonyl (C=O) groups excluding carboxylic acids is 1. The molecule has 1 fully saturated rings. The molecule has 1 N–H and O–H groups in total. The highest BCUT2D eigenvalue weighted by Gasteiger charge is 2.29. The van der Waals surface area contributed by atoms with E-state index in [1.165, 1.54) is 5.56 Å². The Morgan fingerprint density at radius 2 is 2.22 bits per heavy atom. The second kappa shape index (κ2) is 7.31. The van der Waals surface area contributed by atoms with Gasteiger partial charge >= 0.3 is 6.03 Å². The van der Waals surface area contributed by atoms with Crippen LogP contribution in [0, 0.1) is 0 Å². The number of likely N-dealkylation sites (tertiary alicyclic amines) is 1. The van der Waals surface area contributed by atoms with Crippen LogP contribution in [0.25, 0.3) is 0 Å². The molecule has 0 spiro atoms. The second-order valence-corrected chi connectivity index (χ2v) is 6.05. The molecule has 5 heteroatoms. The molecular weight excluding hydrogens is 288 g/mol. The molecule has 0 unspecified atom stereocenters. The summed E-state index contributed by atoms with van der Waals surface area (Å²) in [5, 5.41) is 7.36. The first-order chi connectivity index (χ1) is 11.3. The smallest absolute Gasteiger partial charge is 0.320 e. The van der Waals surface area contributed by atoms with Crippen LogP contribution in [0.4, 0.5) is 10.5 Å². The molecule has 1 aromatic carbocycles. The number of benzene rings is 1. The lowest BCUT2D eigenvalue weighted by Gasteiger charge is -2.25. The van der Waals surface area contributed by atoms with Gasteiger partial charge in [0.2, 0.25) is 0 Å². The lowest BCUT2D eigenvalue weighted by atomic mass is 10.1. The van der Waals surface area contributed by atoms with Crippen LogP contribution in [0.5, 0.6) is 0 Å². The number of carbonyl (C=O) groups is 1. The van der Waals surface area contributed by atoms with E-state index in [9.17, 15) is 4.79 Å². The lowest BCUT2D eigenvalue weighted by Crippen LogP contribution is -2.41. The Labute approximate surface area is 137 Å². The molecule has 0 radical (unpaired) electrons. The zero-order valence-corrected chi connectivity index (χ0v) is 13.6. The monoisotopic (exact) mass is 312 g/mol. The van der Waals surface area contributed by atoms with Gasteiger partial charge in [0.25, 0.3) is 0 Å². The number of aromatic nitrogens is 2. The highest BCUT2D eigenvalue weighted by Crippen LogP contribution is 2.22. The van der Waals surface area contributed by atoms with Crippen LogP contribution >= 0.6 is 0 Å². The molecule has 5 nitrogen and oxygen atoms in total. The van der Waals surface area contributed by atoms with Crippen molar-refractivity contribution in [3.63, 3.8) is 0 Å². The average molecular weight is 312 g/mol. The maximum absolute atomic E-state index is 12.7. The summed E-state index contributed by atoms with van der Waals surface area (Å²) < 4.78 is 1.90. The number of nitrogens with zero attached hydrogens (tertiary/aromatic N) is 3. The summed E-state index contributed by atoms with van der Waals surface area (Å²) in [6.45, 7) is 3.73. The quantitative estimate of drug-likeness (QED) is 0.918. The molecule has 0 bridgehead atoms. The summed E-state index contributed by atoms with van der Waals surface area (Å²) in [7, 11) is 0. The van der Waals surface area contributed by atoms with E-state index < -0.39 is 0 Å². The molecule has 23 heavy (non-hydrogen) atoms. The number of rotatable bonds is 5. The van der Waals surface area contributed by atoms with Crippen molar-refractivity contribution in [2.45, 2.75) is 45.2 Å². The average Bonchev–Trinajstić information content (AvgIpc) is 3.22. The summed E-state index contributed by atoms with van der Waals surface area (Å²) in [6, 6.07) is 10.2. The number of hydrogen-bond donors (Lipinski definition) is 1. The molecule has 1 aromatic heterocycles. The number of hydrogen-bond acceptors (Lipinski definition) is 2. The van der Waals surface area contributed by atoms with Gasteiger partial charge in [-0.1, -0.05) is 31.5 Å². The van der Waals surface area contributed by atoms with Crippen molar-refractivity contribution in [2.75, 3.05) is 11.9 Å². The maximum atomic E-state index is 12.7. The standard InChI is InChI=1S/C18H24N4O/c1-2-7-15-8-3-4-10-17(15)20-18(23)22-13-5-9-16(22)14-21-12-6-11-19-21/h3-4,6,8,10-12,16H,2,5,7,9,13-14H2,1H3,(H,20,23)/t16-/m0/s1.